The minimum absolute atomic E-state index is 0.0346. The third-order valence-corrected chi connectivity index (χ3v) is 4.41. The Morgan fingerprint density at radius 1 is 1.53 bits per heavy atom. The lowest BCUT2D eigenvalue weighted by atomic mass is 10.4. The van der Waals surface area contributed by atoms with E-state index in [0.29, 0.717) is 6.54 Å². The predicted molar refractivity (Wildman–Crippen MR) is 59.3 cm³/mol. The molecule has 0 aliphatic heterocycles. The first-order valence-corrected chi connectivity index (χ1v) is 6.31. The number of oxime groups is 1. The van der Waals surface area contributed by atoms with Gasteiger partial charge in [-0.25, -0.2) is 12.7 Å². The Hall–Kier alpha value is -0.820. The van der Waals surface area contributed by atoms with Gasteiger partial charge in [0.15, 0.2) is 0 Å². The normalized spacial score (nSPS) is 13.8. The lowest BCUT2D eigenvalue weighted by molar-refractivity contribution is 0.315. The molecule has 0 atom stereocenters. The van der Waals surface area contributed by atoms with Gasteiger partial charge in [0.05, 0.1) is 5.25 Å². The maximum Gasteiger partial charge on any atom is 0.216 e. The number of hydrogen-bond acceptors (Lipinski definition) is 4. The topological polar surface area (TPSA) is 96.0 Å². The van der Waals surface area contributed by atoms with Crippen molar-refractivity contribution < 1.29 is 13.6 Å². The SMILES string of the molecule is CCN(CCC(N)=NO)S(=O)(=O)C(C)C. The molecule has 0 saturated heterocycles. The standard InChI is InChI=1S/C8H19N3O3S/c1-4-11(6-5-8(9)10-12)15(13,14)7(2)3/h7,12H,4-6H2,1-3H3,(H2,9,10). The third-order valence-electron chi connectivity index (χ3n) is 2.05. The van der Waals surface area contributed by atoms with E-state index in [1.807, 2.05) is 0 Å². The predicted octanol–water partition coefficient (Wildman–Crippen LogP) is 0.183. The van der Waals surface area contributed by atoms with Gasteiger partial charge in [0.2, 0.25) is 10.0 Å². The van der Waals surface area contributed by atoms with Gasteiger partial charge in [-0.05, 0) is 13.8 Å². The van der Waals surface area contributed by atoms with Gasteiger partial charge < -0.3 is 10.9 Å². The summed E-state index contributed by atoms with van der Waals surface area (Å²) in [6, 6.07) is 0. The lowest BCUT2D eigenvalue weighted by Gasteiger charge is -2.22. The molecule has 0 amide bonds. The van der Waals surface area contributed by atoms with Crippen LogP contribution in [0.4, 0.5) is 0 Å². The fourth-order valence-electron chi connectivity index (χ4n) is 1.05. The molecule has 15 heavy (non-hydrogen) atoms. The molecule has 0 unspecified atom stereocenters. The van der Waals surface area contributed by atoms with Crippen molar-refractivity contribution >= 4 is 15.9 Å². The van der Waals surface area contributed by atoms with Gasteiger partial charge in [0.25, 0.3) is 0 Å². The molecular formula is C8H19N3O3S. The molecule has 7 heteroatoms. The number of sulfonamides is 1. The summed E-state index contributed by atoms with van der Waals surface area (Å²) in [5.41, 5.74) is 5.27. The molecule has 0 spiro atoms. The highest BCUT2D eigenvalue weighted by atomic mass is 32.2. The second kappa shape index (κ2) is 5.92. The molecule has 0 heterocycles. The van der Waals surface area contributed by atoms with Crippen LogP contribution in [0, 0.1) is 0 Å². The number of amidine groups is 1. The Balaban J connectivity index is 4.52. The number of nitrogens with zero attached hydrogens (tertiary/aromatic N) is 2. The van der Waals surface area contributed by atoms with Crippen LogP contribution in [0.5, 0.6) is 0 Å². The molecule has 6 nitrogen and oxygen atoms in total. The van der Waals surface area contributed by atoms with Crippen LogP contribution in [0.2, 0.25) is 0 Å². The van der Waals surface area contributed by atoms with Crippen LogP contribution in [0.3, 0.4) is 0 Å². The number of nitrogens with two attached hydrogens (primary N) is 1. The van der Waals surface area contributed by atoms with Crippen molar-refractivity contribution in [2.24, 2.45) is 10.9 Å². The van der Waals surface area contributed by atoms with Gasteiger partial charge in [-0.2, -0.15) is 0 Å². The first-order valence-electron chi connectivity index (χ1n) is 4.81. The van der Waals surface area contributed by atoms with Gasteiger partial charge in [-0.3, -0.25) is 0 Å². The molecule has 0 bridgehead atoms. The van der Waals surface area contributed by atoms with Crippen molar-refractivity contribution in [1.29, 1.82) is 0 Å². The molecule has 0 rings (SSSR count). The van der Waals surface area contributed by atoms with Gasteiger partial charge in [-0.15, -0.1) is 0 Å². The highest BCUT2D eigenvalue weighted by Gasteiger charge is 2.23. The Bertz CT molecular complexity index is 311. The summed E-state index contributed by atoms with van der Waals surface area (Å²) in [4.78, 5) is 0. The summed E-state index contributed by atoms with van der Waals surface area (Å²) >= 11 is 0. The summed E-state index contributed by atoms with van der Waals surface area (Å²) < 4.78 is 24.8. The molecule has 0 radical (unpaired) electrons. The van der Waals surface area contributed by atoms with Crippen molar-refractivity contribution in [2.45, 2.75) is 32.4 Å². The zero-order chi connectivity index (χ0) is 12.1. The molecule has 0 aliphatic rings. The Morgan fingerprint density at radius 2 is 2.07 bits per heavy atom. The van der Waals surface area contributed by atoms with E-state index in [2.05, 4.69) is 5.16 Å². The van der Waals surface area contributed by atoms with E-state index in [9.17, 15) is 8.42 Å². The van der Waals surface area contributed by atoms with Crippen LogP contribution >= 0.6 is 0 Å². The average molecular weight is 237 g/mol. The monoisotopic (exact) mass is 237 g/mol. The second-order valence-electron chi connectivity index (χ2n) is 3.43. The van der Waals surface area contributed by atoms with Crippen molar-refractivity contribution in [3.05, 3.63) is 0 Å². The van der Waals surface area contributed by atoms with E-state index >= 15 is 0 Å². The molecular weight excluding hydrogens is 218 g/mol. The quantitative estimate of drug-likeness (QED) is 0.298. The van der Waals surface area contributed by atoms with E-state index in [1.165, 1.54) is 4.31 Å². The van der Waals surface area contributed by atoms with E-state index in [0.717, 1.165) is 0 Å². The maximum atomic E-state index is 11.7. The van der Waals surface area contributed by atoms with Gasteiger partial charge >= 0.3 is 0 Å². The molecule has 0 aromatic carbocycles. The van der Waals surface area contributed by atoms with Crippen molar-refractivity contribution in [3.8, 4) is 0 Å². The van der Waals surface area contributed by atoms with Crippen molar-refractivity contribution in [3.63, 3.8) is 0 Å². The zero-order valence-corrected chi connectivity index (χ0v) is 10.2. The third kappa shape index (κ3) is 4.05. The fourth-order valence-corrected chi connectivity index (χ4v) is 2.35. The zero-order valence-electron chi connectivity index (χ0n) is 9.34. The van der Waals surface area contributed by atoms with Crippen molar-refractivity contribution in [1.82, 2.24) is 4.31 Å². The fraction of sp³-hybridized carbons (Fsp3) is 0.875. The van der Waals surface area contributed by atoms with Gasteiger partial charge in [0.1, 0.15) is 5.84 Å². The summed E-state index contributed by atoms with van der Waals surface area (Å²) in [7, 11) is -3.25. The van der Waals surface area contributed by atoms with Gasteiger partial charge in [0, 0.05) is 19.5 Å². The Labute approximate surface area is 90.8 Å². The van der Waals surface area contributed by atoms with Crippen LogP contribution < -0.4 is 5.73 Å². The first-order chi connectivity index (χ1) is 6.86. The van der Waals surface area contributed by atoms with Crippen LogP contribution in [0.1, 0.15) is 27.2 Å². The summed E-state index contributed by atoms with van der Waals surface area (Å²) in [6.07, 6.45) is 0.232. The van der Waals surface area contributed by atoms with Gasteiger partial charge in [-0.1, -0.05) is 12.1 Å². The second-order valence-corrected chi connectivity index (χ2v) is 5.92. The number of hydrogen-bond donors (Lipinski definition) is 2. The van der Waals surface area contributed by atoms with E-state index in [-0.39, 0.29) is 18.8 Å². The first kappa shape index (κ1) is 14.2. The molecule has 0 aliphatic carbocycles. The molecule has 0 saturated carbocycles. The lowest BCUT2D eigenvalue weighted by Crippen LogP contribution is -2.38. The van der Waals surface area contributed by atoms with Crippen LogP contribution in [0.15, 0.2) is 5.16 Å². The van der Waals surface area contributed by atoms with E-state index in [1.54, 1.807) is 20.8 Å². The van der Waals surface area contributed by atoms with Crippen LogP contribution in [0.25, 0.3) is 0 Å². The molecule has 3 N–H and O–H groups in total. The minimum atomic E-state index is -3.25. The highest BCUT2D eigenvalue weighted by Crippen LogP contribution is 2.08. The maximum absolute atomic E-state index is 11.7. The van der Waals surface area contributed by atoms with Crippen LogP contribution in [-0.2, 0) is 10.0 Å². The molecule has 0 fully saturated rings. The van der Waals surface area contributed by atoms with E-state index < -0.39 is 15.3 Å². The summed E-state index contributed by atoms with van der Waals surface area (Å²) in [5.74, 6) is 0.0346. The summed E-state index contributed by atoms with van der Waals surface area (Å²) in [5, 5.41) is 10.7. The minimum Gasteiger partial charge on any atom is -0.409 e. The van der Waals surface area contributed by atoms with E-state index in [4.69, 9.17) is 10.9 Å². The molecule has 0 aromatic rings. The Kier molecular flexibility index (Phi) is 5.59. The van der Waals surface area contributed by atoms with Crippen molar-refractivity contribution in [2.75, 3.05) is 13.1 Å². The number of rotatable bonds is 6. The highest BCUT2D eigenvalue weighted by molar-refractivity contribution is 7.89. The largest absolute Gasteiger partial charge is 0.409 e. The smallest absolute Gasteiger partial charge is 0.216 e. The molecule has 0 aromatic heterocycles. The summed E-state index contributed by atoms with van der Waals surface area (Å²) in [6.45, 7) is 5.64. The van der Waals surface area contributed by atoms with Crippen LogP contribution in [-0.4, -0.2) is 42.1 Å². The Morgan fingerprint density at radius 3 is 2.40 bits per heavy atom. The molecule has 90 valence electrons. The average Bonchev–Trinajstić information content (AvgIpc) is 2.17.